The summed E-state index contributed by atoms with van der Waals surface area (Å²) in [5, 5.41) is 18.2. The van der Waals surface area contributed by atoms with Crippen LogP contribution in [-0.4, -0.2) is 56.9 Å². The third kappa shape index (κ3) is 3.09. The molecule has 1 aliphatic heterocycles. The number of carbonyl (C=O) groups excluding carboxylic acids is 1. The van der Waals surface area contributed by atoms with Crippen molar-refractivity contribution in [2.24, 2.45) is 0 Å². The molecule has 0 amide bonds. The number of aromatic nitrogens is 2. The highest BCUT2D eigenvalue weighted by Crippen LogP contribution is 2.31. The molecule has 10 heteroatoms. The zero-order valence-corrected chi connectivity index (χ0v) is 12.5. The van der Waals surface area contributed by atoms with Gasteiger partial charge in [-0.2, -0.15) is 12.6 Å². The Morgan fingerprint density at radius 1 is 1.55 bits per heavy atom. The van der Waals surface area contributed by atoms with Gasteiger partial charge < -0.3 is 19.7 Å². The fraction of sp³-hybridized carbons (Fsp3) is 0.583. The summed E-state index contributed by atoms with van der Waals surface area (Å²) in [4.78, 5) is 37.0. The summed E-state index contributed by atoms with van der Waals surface area (Å²) in [5.74, 6) is -0.640. The van der Waals surface area contributed by atoms with Gasteiger partial charge in [-0.15, -0.1) is 0 Å². The molecule has 2 unspecified atom stereocenters. The van der Waals surface area contributed by atoms with E-state index in [-0.39, 0.29) is 12.0 Å². The first kappa shape index (κ1) is 16.7. The number of hydrogen-bond donors (Lipinski definition) is 4. The van der Waals surface area contributed by atoms with Crippen molar-refractivity contribution in [3.63, 3.8) is 0 Å². The van der Waals surface area contributed by atoms with Gasteiger partial charge in [0.15, 0.2) is 6.23 Å². The van der Waals surface area contributed by atoms with Crippen LogP contribution in [0.2, 0.25) is 0 Å². The van der Waals surface area contributed by atoms with Crippen molar-refractivity contribution < 1.29 is 24.5 Å². The van der Waals surface area contributed by atoms with Gasteiger partial charge in [0.25, 0.3) is 5.56 Å². The fourth-order valence-electron chi connectivity index (χ4n) is 2.18. The summed E-state index contributed by atoms with van der Waals surface area (Å²) in [6.45, 7) is -0.443. The van der Waals surface area contributed by atoms with E-state index in [1.807, 2.05) is 0 Å². The molecule has 0 spiro atoms. The van der Waals surface area contributed by atoms with E-state index in [1.165, 1.54) is 13.3 Å². The van der Waals surface area contributed by atoms with Crippen molar-refractivity contribution in [2.45, 2.75) is 30.1 Å². The Morgan fingerprint density at radius 2 is 2.23 bits per heavy atom. The second-order valence-corrected chi connectivity index (χ2v) is 5.40. The molecule has 4 atom stereocenters. The summed E-state index contributed by atoms with van der Waals surface area (Å²) in [5.41, 5.74) is -1.47. The van der Waals surface area contributed by atoms with Crippen LogP contribution in [-0.2, 0) is 20.7 Å². The molecule has 0 bridgehead atoms. The predicted octanol–water partition coefficient (Wildman–Crippen LogP) is -2.20. The van der Waals surface area contributed by atoms with Crippen LogP contribution in [0.15, 0.2) is 15.8 Å². The third-order valence-corrected chi connectivity index (χ3v) is 3.96. The van der Waals surface area contributed by atoms with Crippen LogP contribution in [0.25, 0.3) is 0 Å². The molecule has 9 nitrogen and oxygen atoms in total. The second-order valence-electron chi connectivity index (χ2n) is 4.80. The van der Waals surface area contributed by atoms with Crippen LogP contribution >= 0.6 is 12.6 Å². The Kier molecular flexibility index (Phi) is 5.06. The fourth-order valence-corrected chi connectivity index (χ4v) is 2.59. The first-order valence-corrected chi connectivity index (χ1v) is 6.94. The van der Waals surface area contributed by atoms with E-state index < -0.39 is 47.5 Å². The molecule has 1 aromatic heterocycles. The van der Waals surface area contributed by atoms with Gasteiger partial charge >= 0.3 is 11.7 Å². The molecule has 0 saturated carbocycles. The zero-order valence-electron chi connectivity index (χ0n) is 11.6. The molecule has 0 aromatic carbocycles. The highest BCUT2D eigenvalue weighted by Gasteiger charge is 2.42. The van der Waals surface area contributed by atoms with E-state index in [2.05, 4.69) is 22.3 Å². The van der Waals surface area contributed by atoms with Crippen molar-refractivity contribution in [3.8, 4) is 0 Å². The molecule has 1 fully saturated rings. The van der Waals surface area contributed by atoms with Gasteiger partial charge in [0.1, 0.15) is 6.10 Å². The Bertz CT molecular complexity index is 670. The van der Waals surface area contributed by atoms with Gasteiger partial charge in [-0.3, -0.25) is 19.1 Å². The monoisotopic (exact) mass is 332 g/mol. The van der Waals surface area contributed by atoms with Crippen molar-refractivity contribution in [2.75, 3.05) is 13.7 Å². The maximum atomic E-state index is 11.9. The summed E-state index contributed by atoms with van der Waals surface area (Å²) < 4.78 is 10.9. The van der Waals surface area contributed by atoms with Crippen molar-refractivity contribution in [1.82, 2.24) is 9.55 Å². The van der Waals surface area contributed by atoms with E-state index in [0.29, 0.717) is 0 Å². The average Bonchev–Trinajstić information content (AvgIpc) is 2.77. The van der Waals surface area contributed by atoms with E-state index >= 15 is 0 Å². The number of esters is 1. The molecule has 2 rings (SSSR count). The second kappa shape index (κ2) is 6.65. The zero-order chi connectivity index (χ0) is 16.4. The molecule has 1 saturated heterocycles. The smallest absolute Gasteiger partial charge is 0.330 e. The van der Waals surface area contributed by atoms with Crippen LogP contribution in [0.5, 0.6) is 0 Å². The third-order valence-electron chi connectivity index (χ3n) is 3.40. The number of nitrogens with one attached hydrogen (secondary N) is 1. The molecule has 2 heterocycles. The van der Waals surface area contributed by atoms with E-state index in [0.717, 1.165) is 4.57 Å². The number of ether oxygens (including phenoxy) is 2. The minimum atomic E-state index is -1.08. The Hall–Kier alpha value is -1.62. The van der Waals surface area contributed by atoms with Gasteiger partial charge in [-0.1, -0.05) is 0 Å². The predicted molar refractivity (Wildman–Crippen MR) is 76.8 cm³/mol. The normalized spacial score (nSPS) is 27.8. The number of thiol groups is 1. The quantitative estimate of drug-likeness (QED) is 0.363. The first-order chi connectivity index (χ1) is 10.4. The number of methoxy groups -OCH3 is 1. The number of hydrogen-bond acceptors (Lipinski definition) is 8. The molecular weight excluding hydrogens is 316 g/mol. The van der Waals surface area contributed by atoms with E-state index in [4.69, 9.17) is 9.84 Å². The van der Waals surface area contributed by atoms with Gasteiger partial charge in [-0.25, -0.2) is 4.79 Å². The Labute approximate surface area is 129 Å². The van der Waals surface area contributed by atoms with Gasteiger partial charge in [0, 0.05) is 11.8 Å². The number of rotatable bonds is 4. The number of carbonyl (C=O) groups is 1. The van der Waals surface area contributed by atoms with Crippen LogP contribution in [0.1, 0.15) is 11.8 Å². The lowest BCUT2D eigenvalue weighted by molar-refractivity contribution is -0.139. The first-order valence-electron chi connectivity index (χ1n) is 6.42. The number of aromatic amines is 1. The lowest BCUT2D eigenvalue weighted by Gasteiger charge is -2.18. The highest BCUT2D eigenvalue weighted by molar-refractivity contribution is 7.81. The van der Waals surface area contributed by atoms with Crippen LogP contribution in [0.4, 0.5) is 0 Å². The standard InChI is InChI=1S/C12H16N2O7S/c1-20-7(16)2-5-3-14(12(19)13-10(5)18)11-9(22)8(17)6(4-15)21-11/h3,6,8-9,11,15,17,22H,2,4H2,1H3,(H,13,18,19)/t6-,8?,9?,11-/m0/s1. The molecule has 0 radical (unpaired) electrons. The Balaban J connectivity index is 2.39. The van der Waals surface area contributed by atoms with Gasteiger partial charge in [-0.05, 0) is 0 Å². The molecule has 22 heavy (non-hydrogen) atoms. The van der Waals surface area contributed by atoms with Gasteiger partial charge in [0.05, 0.1) is 31.5 Å². The SMILES string of the molecule is COC(=O)Cc1cn([C@H]2O[C@@H](CO)C(O)C2S)c(=O)[nH]c1=O. The number of aliphatic hydroxyl groups excluding tert-OH is 2. The summed E-state index contributed by atoms with van der Waals surface area (Å²) >= 11 is 4.17. The number of aliphatic hydroxyl groups is 2. The van der Waals surface area contributed by atoms with Crippen LogP contribution in [0.3, 0.4) is 0 Å². The summed E-state index contributed by atoms with van der Waals surface area (Å²) in [6.07, 6.45) is -2.12. The topological polar surface area (TPSA) is 131 Å². The highest BCUT2D eigenvalue weighted by atomic mass is 32.1. The van der Waals surface area contributed by atoms with Gasteiger partial charge in [0.2, 0.25) is 0 Å². The molecule has 0 aliphatic carbocycles. The molecule has 3 N–H and O–H groups in total. The lowest BCUT2D eigenvalue weighted by atomic mass is 10.2. The molecule has 1 aliphatic rings. The van der Waals surface area contributed by atoms with Crippen molar-refractivity contribution in [3.05, 3.63) is 32.6 Å². The number of H-pyrrole nitrogens is 1. The minimum absolute atomic E-state index is 0.0116. The van der Waals surface area contributed by atoms with Crippen molar-refractivity contribution >= 4 is 18.6 Å². The largest absolute Gasteiger partial charge is 0.469 e. The molecule has 122 valence electrons. The lowest BCUT2D eigenvalue weighted by Crippen LogP contribution is -2.37. The van der Waals surface area contributed by atoms with E-state index in [9.17, 15) is 19.5 Å². The van der Waals surface area contributed by atoms with Crippen molar-refractivity contribution in [1.29, 1.82) is 0 Å². The van der Waals surface area contributed by atoms with Crippen LogP contribution in [0, 0.1) is 0 Å². The average molecular weight is 332 g/mol. The number of nitrogens with zero attached hydrogens (tertiary/aromatic N) is 1. The summed E-state index contributed by atoms with van der Waals surface area (Å²) in [6, 6.07) is 0. The van der Waals surface area contributed by atoms with E-state index in [1.54, 1.807) is 0 Å². The molecule has 1 aromatic rings. The summed E-state index contributed by atoms with van der Waals surface area (Å²) in [7, 11) is 1.18. The minimum Gasteiger partial charge on any atom is -0.469 e. The van der Waals surface area contributed by atoms with Crippen LogP contribution < -0.4 is 11.2 Å². The molecular formula is C12H16N2O7S. The maximum Gasteiger partial charge on any atom is 0.330 e. The maximum absolute atomic E-state index is 11.9. The Morgan fingerprint density at radius 3 is 2.77 bits per heavy atom.